The smallest absolute Gasteiger partial charge is 0.411 e. The van der Waals surface area contributed by atoms with E-state index in [-0.39, 0.29) is 30.2 Å². The number of ether oxygens (including phenoxy) is 1. The van der Waals surface area contributed by atoms with Crippen LogP contribution in [-0.2, 0) is 34.5 Å². The summed E-state index contributed by atoms with van der Waals surface area (Å²) >= 11 is 0. The van der Waals surface area contributed by atoms with Crippen LogP contribution in [0.5, 0.6) is 0 Å². The standard InChI is InChI=1S/C22H21F3N2O5S/c23-22(24,25)15-31-14-17-5-3-16(4-6-17)12-26-21(28)18-7-9-20(10-8-18)33(29,30)27-13-19-2-1-11-32-19/h1-11,27H,12-15H2,(H,26,28). The molecule has 0 aliphatic heterocycles. The quantitative estimate of drug-likeness (QED) is 0.459. The highest BCUT2D eigenvalue weighted by Gasteiger charge is 2.27. The minimum absolute atomic E-state index is 0.00478. The second-order valence-electron chi connectivity index (χ2n) is 7.04. The van der Waals surface area contributed by atoms with Gasteiger partial charge < -0.3 is 14.5 Å². The Bertz CT molecular complexity index is 1140. The van der Waals surface area contributed by atoms with Crippen molar-refractivity contribution in [2.24, 2.45) is 0 Å². The molecule has 0 fully saturated rings. The van der Waals surface area contributed by atoms with Crippen molar-refractivity contribution in [3.05, 3.63) is 89.4 Å². The molecule has 0 aliphatic carbocycles. The number of benzene rings is 2. The van der Waals surface area contributed by atoms with Gasteiger partial charge in [-0.1, -0.05) is 24.3 Å². The van der Waals surface area contributed by atoms with Crippen LogP contribution in [-0.4, -0.2) is 27.1 Å². The molecule has 2 N–H and O–H groups in total. The van der Waals surface area contributed by atoms with Crippen LogP contribution in [0.1, 0.15) is 27.2 Å². The molecular formula is C22H21F3N2O5S. The van der Waals surface area contributed by atoms with Crippen molar-refractivity contribution in [1.82, 2.24) is 10.0 Å². The number of carbonyl (C=O) groups is 1. The SMILES string of the molecule is O=C(NCc1ccc(COCC(F)(F)F)cc1)c1ccc(S(=O)(=O)NCc2ccco2)cc1. The Labute approximate surface area is 188 Å². The molecule has 0 unspecified atom stereocenters. The first-order valence-corrected chi connectivity index (χ1v) is 11.2. The highest BCUT2D eigenvalue weighted by Crippen LogP contribution is 2.16. The summed E-state index contributed by atoms with van der Waals surface area (Å²) in [6.07, 6.45) is -2.93. The molecule has 7 nitrogen and oxygen atoms in total. The van der Waals surface area contributed by atoms with E-state index < -0.39 is 28.7 Å². The summed E-state index contributed by atoms with van der Waals surface area (Å²) in [6, 6.07) is 15.3. The Kier molecular flexibility index (Phi) is 7.90. The number of hydrogen-bond acceptors (Lipinski definition) is 5. The van der Waals surface area contributed by atoms with E-state index in [2.05, 4.69) is 14.8 Å². The molecule has 0 spiro atoms. The van der Waals surface area contributed by atoms with E-state index in [1.807, 2.05) is 0 Å². The molecule has 2 aromatic carbocycles. The van der Waals surface area contributed by atoms with Crippen LogP contribution in [0, 0.1) is 0 Å². The first-order chi connectivity index (χ1) is 15.6. The van der Waals surface area contributed by atoms with Gasteiger partial charge in [-0.05, 0) is 47.5 Å². The third-order valence-electron chi connectivity index (χ3n) is 4.45. The predicted octanol–water partition coefficient (Wildman–Crippen LogP) is 3.77. The fourth-order valence-electron chi connectivity index (χ4n) is 2.77. The number of furan rings is 1. The largest absolute Gasteiger partial charge is 0.468 e. The third-order valence-corrected chi connectivity index (χ3v) is 5.87. The zero-order chi connectivity index (χ0) is 23.9. The number of nitrogens with one attached hydrogen (secondary N) is 2. The molecule has 3 rings (SSSR count). The third kappa shape index (κ3) is 7.74. The lowest BCUT2D eigenvalue weighted by atomic mass is 10.1. The summed E-state index contributed by atoms with van der Waals surface area (Å²) in [5.74, 6) is 0.0662. The number of halogens is 3. The van der Waals surface area contributed by atoms with Gasteiger partial charge in [-0.2, -0.15) is 13.2 Å². The molecular weight excluding hydrogens is 461 g/mol. The molecule has 0 bridgehead atoms. The van der Waals surface area contributed by atoms with Gasteiger partial charge in [0.2, 0.25) is 10.0 Å². The van der Waals surface area contributed by atoms with E-state index in [4.69, 9.17) is 4.42 Å². The average molecular weight is 482 g/mol. The monoisotopic (exact) mass is 482 g/mol. The number of sulfonamides is 1. The minimum atomic E-state index is -4.37. The van der Waals surface area contributed by atoms with E-state index in [0.717, 1.165) is 5.56 Å². The van der Waals surface area contributed by atoms with Gasteiger partial charge in [0.15, 0.2) is 0 Å². The van der Waals surface area contributed by atoms with Gasteiger partial charge in [-0.3, -0.25) is 4.79 Å². The molecule has 176 valence electrons. The van der Waals surface area contributed by atoms with Crippen molar-refractivity contribution in [3.8, 4) is 0 Å². The minimum Gasteiger partial charge on any atom is -0.468 e. The van der Waals surface area contributed by atoms with Gasteiger partial charge in [-0.25, -0.2) is 13.1 Å². The molecule has 0 saturated heterocycles. The summed E-state index contributed by atoms with van der Waals surface area (Å²) in [6.45, 7) is -1.29. The maximum absolute atomic E-state index is 12.3. The Morgan fingerprint density at radius 3 is 2.21 bits per heavy atom. The van der Waals surface area contributed by atoms with E-state index in [1.54, 1.807) is 36.4 Å². The lowest BCUT2D eigenvalue weighted by Crippen LogP contribution is -2.24. The van der Waals surface area contributed by atoms with E-state index in [9.17, 15) is 26.4 Å². The van der Waals surface area contributed by atoms with Crippen molar-refractivity contribution in [3.63, 3.8) is 0 Å². The van der Waals surface area contributed by atoms with Crippen LogP contribution in [0.2, 0.25) is 0 Å². The second kappa shape index (κ2) is 10.6. The predicted molar refractivity (Wildman–Crippen MR) is 112 cm³/mol. The van der Waals surface area contributed by atoms with Gasteiger partial charge in [0, 0.05) is 12.1 Å². The summed E-state index contributed by atoms with van der Waals surface area (Å²) in [5, 5.41) is 2.70. The highest BCUT2D eigenvalue weighted by molar-refractivity contribution is 7.89. The average Bonchev–Trinajstić information content (AvgIpc) is 3.30. The number of carbonyl (C=O) groups excluding carboxylic acids is 1. The summed E-state index contributed by atoms with van der Waals surface area (Å²) < 4.78 is 73.1. The number of rotatable bonds is 10. The second-order valence-corrected chi connectivity index (χ2v) is 8.80. The normalized spacial score (nSPS) is 12.0. The van der Waals surface area contributed by atoms with Crippen LogP contribution in [0.25, 0.3) is 0 Å². The number of alkyl halides is 3. The summed E-state index contributed by atoms with van der Waals surface area (Å²) in [5.41, 5.74) is 1.59. The van der Waals surface area contributed by atoms with Crippen LogP contribution in [0.4, 0.5) is 13.2 Å². The van der Waals surface area contributed by atoms with Gasteiger partial charge >= 0.3 is 6.18 Å². The van der Waals surface area contributed by atoms with Gasteiger partial charge in [0.1, 0.15) is 12.4 Å². The molecule has 0 atom stereocenters. The molecule has 1 amide bonds. The van der Waals surface area contributed by atoms with Crippen LogP contribution in [0.15, 0.2) is 76.2 Å². The van der Waals surface area contributed by atoms with E-state index in [1.165, 1.54) is 30.5 Å². The molecule has 3 aromatic rings. The maximum Gasteiger partial charge on any atom is 0.411 e. The van der Waals surface area contributed by atoms with Crippen LogP contribution in [0.3, 0.4) is 0 Å². The van der Waals surface area contributed by atoms with Crippen molar-refractivity contribution >= 4 is 15.9 Å². The van der Waals surface area contributed by atoms with Crippen molar-refractivity contribution < 1.29 is 35.5 Å². The Morgan fingerprint density at radius 2 is 1.61 bits per heavy atom. The first-order valence-electron chi connectivity index (χ1n) is 9.75. The van der Waals surface area contributed by atoms with Gasteiger partial charge in [0.05, 0.1) is 24.3 Å². The zero-order valence-corrected chi connectivity index (χ0v) is 18.1. The Hall–Kier alpha value is -3.15. The van der Waals surface area contributed by atoms with Crippen molar-refractivity contribution in [2.45, 2.75) is 30.8 Å². The van der Waals surface area contributed by atoms with E-state index in [0.29, 0.717) is 11.3 Å². The van der Waals surface area contributed by atoms with Crippen molar-refractivity contribution in [1.29, 1.82) is 0 Å². The van der Waals surface area contributed by atoms with Crippen LogP contribution >= 0.6 is 0 Å². The van der Waals surface area contributed by atoms with E-state index >= 15 is 0 Å². The lowest BCUT2D eigenvalue weighted by Gasteiger charge is -2.09. The Morgan fingerprint density at radius 1 is 0.939 bits per heavy atom. The molecule has 0 saturated carbocycles. The molecule has 11 heteroatoms. The maximum atomic E-state index is 12.3. The molecule has 0 aliphatic rings. The zero-order valence-electron chi connectivity index (χ0n) is 17.3. The first kappa shape index (κ1) is 24.5. The van der Waals surface area contributed by atoms with Crippen LogP contribution < -0.4 is 10.0 Å². The molecule has 1 heterocycles. The summed E-state index contributed by atoms with van der Waals surface area (Å²) in [7, 11) is -3.77. The highest BCUT2D eigenvalue weighted by atomic mass is 32.2. The molecule has 0 radical (unpaired) electrons. The van der Waals surface area contributed by atoms with Gasteiger partial charge in [0.25, 0.3) is 5.91 Å². The van der Waals surface area contributed by atoms with Gasteiger partial charge in [-0.15, -0.1) is 0 Å². The summed E-state index contributed by atoms with van der Waals surface area (Å²) in [4.78, 5) is 12.4. The lowest BCUT2D eigenvalue weighted by molar-refractivity contribution is -0.176. The topological polar surface area (TPSA) is 97.6 Å². The number of amides is 1. The Balaban J connectivity index is 1.49. The van der Waals surface area contributed by atoms with Crippen molar-refractivity contribution in [2.75, 3.05) is 6.61 Å². The number of hydrogen-bond donors (Lipinski definition) is 2. The molecule has 1 aromatic heterocycles. The fourth-order valence-corrected chi connectivity index (χ4v) is 3.76. The molecule has 33 heavy (non-hydrogen) atoms. The fraction of sp³-hybridized carbons (Fsp3) is 0.227.